The summed E-state index contributed by atoms with van der Waals surface area (Å²) in [4.78, 5) is 0. The third kappa shape index (κ3) is 4.55. The standard InChI is InChI=1S/C15H25NO2S/c1-12-5-7-15(17,8-6-12)11-16-9-13-3-4-14(18-13)10-19-2/h3-4,12,16-17H,5-11H2,1-2H3. The summed E-state index contributed by atoms with van der Waals surface area (Å²) in [7, 11) is 0. The topological polar surface area (TPSA) is 45.4 Å². The van der Waals surface area contributed by atoms with Crippen molar-refractivity contribution in [1.82, 2.24) is 5.32 Å². The second-order valence-electron chi connectivity index (χ2n) is 5.81. The smallest absolute Gasteiger partial charge is 0.118 e. The Morgan fingerprint density at radius 1 is 1.37 bits per heavy atom. The van der Waals surface area contributed by atoms with Crippen LogP contribution in [-0.2, 0) is 12.3 Å². The van der Waals surface area contributed by atoms with Gasteiger partial charge in [0.05, 0.1) is 17.9 Å². The lowest BCUT2D eigenvalue weighted by Gasteiger charge is -2.35. The third-order valence-electron chi connectivity index (χ3n) is 3.96. The van der Waals surface area contributed by atoms with Crippen molar-refractivity contribution in [3.8, 4) is 0 Å². The van der Waals surface area contributed by atoms with Gasteiger partial charge in [0, 0.05) is 6.54 Å². The van der Waals surface area contributed by atoms with Gasteiger partial charge in [-0.1, -0.05) is 6.92 Å². The Morgan fingerprint density at radius 3 is 2.74 bits per heavy atom. The van der Waals surface area contributed by atoms with E-state index in [0.29, 0.717) is 13.1 Å². The molecule has 2 rings (SSSR count). The lowest BCUT2D eigenvalue weighted by Crippen LogP contribution is -2.43. The van der Waals surface area contributed by atoms with Crippen molar-refractivity contribution in [3.05, 3.63) is 23.7 Å². The van der Waals surface area contributed by atoms with E-state index in [2.05, 4.69) is 18.5 Å². The van der Waals surface area contributed by atoms with Crippen LogP contribution in [0.3, 0.4) is 0 Å². The van der Waals surface area contributed by atoms with Crippen molar-refractivity contribution in [3.63, 3.8) is 0 Å². The Balaban J connectivity index is 1.73. The van der Waals surface area contributed by atoms with Gasteiger partial charge >= 0.3 is 0 Å². The van der Waals surface area contributed by atoms with Crippen LogP contribution in [-0.4, -0.2) is 23.5 Å². The van der Waals surface area contributed by atoms with Crippen molar-refractivity contribution in [2.45, 2.75) is 50.5 Å². The molecule has 2 N–H and O–H groups in total. The van der Waals surface area contributed by atoms with Crippen LogP contribution in [0.15, 0.2) is 16.5 Å². The molecule has 4 heteroatoms. The van der Waals surface area contributed by atoms with Crippen LogP contribution in [0.4, 0.5) is 0 Å². The van der Waals surface area contributed by atoms with Gasteiger partial charge in [0.2, 0.25) is 0 Å². The normalized spacial score (nSPS) is 27.6. The maximum atomic E-state index is 10.5. The van der Waals surface area contributed by atoms with Gasteiger partial charge in [0.15, 0.2) is 0 Å². The van der Waals surface area contributed by atoms with Crippen LogP contribution in [0, 0.1) is 5.92 Å². The first-order valence-corrected chi connectivity index (χ1v) is 8.50. The van der Waals surface area contributed by atoms with E-state index < -0.39 is 5.60 Å². The van der Waals surface area contributed by atoms with Crippen molar-refractivity contribution in [2.75, 3.05) is 12.8 Å². The van der Waals surface area contributed by atoms with E-state index in [1.165, 1.54) is 0 Å². The molecule has 19 heavy (non-hydrogen) atoms. The summed E-state index contributed by atoms with van der Waals surface area (Å²) >= 11 is 1.76. The zero-order valence-electron chi connectivity index (χ0n) is 11.9. The minimum atomic E-state index is -0.513. The molecule has 108 valence electrons. The quantitative estimate of drug-likeness (QED) is 0.842. The highest BCUT2D eigenvalue weighted by Gasteiger charge is 2.31. The number of furan rings is 1. The lowest BCUT2D eigenvalue weighted by atomic mass is 9.79. The van der Waals surface area contributed by atoms with E-state index in [-0.39, 0.29) is 0 Å². The Labute approximate surface area is 120 Å². The fraction of sp³-hybridized carbons (Fsp3) is 0.733. The van der Waals surface area contributed by atoms with E-state index in [9.17, 15) is 5.11 Å². The molecular weight excluding hydrogens is 258 g/mol. The predicted molar refractivity (Wildman–Crippen MR) is 80.2 cm³/mol. The molecule has 0 radical (unpaired) electrons. The maximum absolute atomic E-state index is 10.5. The molecule has 3 nitrogen and oxygen atoms in total. The number of hydrogen-bond donors (Lipinski definition) is 2. The molecule has 0 amide bonds. The summed E-state index contributed by atoms with van der Waals surface area (Å²) in [6.07, 6.45) is 6.17. The van der Waals surface area contributed by atoms with Crippen molar-refractivity contribution in [2.24, 2.45) is 5.92 Å². The van der Waals surface area contributed by atoms with E-state index in [1.54, 1.807) is 11.8 Å². The van der Waals surface area contributed by atoms with Crippen LogP contribution in [0.25, 0.3) is 0 Å². The van der Waals surface area contributed by atoms with Gasteiger partial charge in [-0.2, -0.15) is 11.8 Å². The molecule has 0 aliphatic heterocycles. The molecule has 1 aromatic rings. The Morgan fingerprint density at radius 2 is 2.05 bits per heavy atom. The fourth-order valence-electron chi connectivity index (χ4n) is 2.63. The first-order valence-electron chi connectivity index (χ1n) is 7.11. The molecule has 0 atom stereocenters. The minimum Gasteiger partial charge on any atom is -0.464 e. The van der Waals surface area contributed by atoms with Crippen molar-refractivity contribution < 1.29 is 9.52 Å². The van der Waals surface area contributed by atoms with Crippen molar-refractivity contribution in [1.29, 1.82) is 0 Å². The Kier molecular flexibility index (Phi) is 5.37. The average molecular weight is 283 g/mol. The van der Waals surface area contributed by atoms with Crippen LogP contribution in [0.1, 0.15) is 44.1 Å². The molecule has 1 heterocycles. The molecular formula is C15H25NO2S. The molecule has 1 aliphatic carbocycles. The van der Waals surface area contributed by atoms with Gasteiger partial charge in [0.1, 0.15) is 11.5 Å². The molecule has 1 aliphatic rings. The van der Waals surface area contributed by atoms with Crippen LogP contribution in [0.5, 0.6) is 0 Å². The maximum Gasteiger partial charge on any atom is 0.118 e. The van der Waals surface area contributed by atoms with Gasteiger partial charge in [-0.25, -0.2) is 0 Å². The van der Waals surface area contributed by atoms with Crippen LogP contribution in [0.2, 0.25) is 0 Å². The first kappa shape index (κ1) is 14.9. The van der Waals surface area contributed by atoms with Gasteiger partial charge in [-0.05, 0) is 50.0 Å². The predicted octanol–water partition coefficient (Wildman–Crippen LogP) is 3.17. The van der Waals surface area contributed by atoms with Gasteiger partial charge in [-0.15, -0.1) is 0 Å². The number of thioether (sulfide) groups is 1. The van der Waals surface area contributed by atoms with Crippen LogP contribution < -0.4 is 5.32 Å². The lowest BCUT2D eigenvalue weighted by molar-refractivity contribution is -0.00657. The zero-order chi connectivity index (χ0) is 13.7. The molecule has 0 unspecified atom stereocenters. The van der Waals surface area contributed by atoms with E-state index >= 15 is 0 Å². The summed E-state index contributed by atoms with van der Waals surface area (Å²) in [5, 5.41) is 13.8. The molecule has 0 saturated heterocycles. The molecule has 0 bridgehead atoms. The third-order valence-corrected chi connectivity index (χ3v) is 4.54. The molecule has 1 aromatic heterocycles. The highest BCUT2D eigenvalue weighted by molar-refractivity contribution is 7.97. The highest BCUT2D eigenvalue weighted by Crippen LogP contribution is 2.31. The Bertz CT molecular complexity index is 383. The van der Waals surface area contributed by atoms with Gasteiger partial charge < -0.3 is 14.8 Å². The monoisotopic (exact) mass is 283 g/mol. The van der Waals surface area contributed by atoms with Gasteiger partial charge in [0.25, 0.3) is 0 Å². The summed E-state index contributed by atoms with van der Waals surface area (Å²) < 4.78 is 5.70. The molecule has 1 fully saturated rings. The molecule has 0 aromatic carbocycles. The average Bonchev–Trinajstić information content (AvgIpc) is 2.82. The number of aliphatic hydroxyl groups is 1. The van der Waals surface area contributed by atoms with E-state index in [1.807, 2.05) is 12.1 Å². The summed E-state index contributed by atoms with van der Waals surface area (Å²) in [6.45, 7) is 3.63. The minimum absolute atomic E-state index is 0.513. The fourth-order valence-corrected chi connectivity index (χ4v) is 3.07. The van der Waals surface area contributed by atoms with E-state index in [0.717, 1.165) is 48.9 Å². The first-order chi connectivity index (χ1) is 9.11. The number of hydrogen-bond acceptors (Lipinski definition) is 4. The van der Waals surface area contributed by atoms with Crippen LogP contribution >= 0.6 is 11.8 Å². The summed E-state index contributed by atoms with van der Waals surface area (Å²) in [6, 6.07) is 4.05. The Hall–Kier alpha value is -0.450. The second kappa shape index (κ2) is 6.82. The summed E-state index contributed by atoms with van der Waals surface area (Å²) in [5.41, 5.74) is -0.513. The molecule has 0 spiro atoms. The van der Waals surface area contributed by atoms with Gasteiger partial charge in [-0.3, -0.25) is 0 Å². The van der Waals surface area contributed by atoms with Crippen molar-refractivity contribution >= 4 is 11.8 Å². The SMILES string of the molecule is CSCc1ccc(CNCC2(O)CCC(C)CC2)o1. The largest absolute Gasteiger partial charge is 0.464 e. The second-order valence-corrected chi connectivity index (χ2v) is 6.68. The van der Waals surface area contributed by atoms with E-state index in [4.69, 9.17) is 4.42 Å². The number of nitrogens with one attached hydrogen (secondary N) is 1. The molecule has 1 saturated carbocycles. The zero-order valence-corrected chi connectivity index (χ0v) is 12.8. The number of rotatable bonds is 6. The summed E-state index contributed by atoms with van der Waals surface area (Å²) in [5.74, 6) is 3.66. The highest BCUT2D eigenvalue weighted by atomic mass is 32.2.